The van der Waals surface area contributed by atoms with Crippen molar-refractivity contribution in [1.29, 1.82) is 0 Å². The van der Waals surface area contributed by atoms with Crippen LogP contribution in [-0.2, 0) is 20.0 Å². The summed E-state index contributed by atoms with van der Waals surface area (Å²) in [5.74, 6) is -1.20. The van der Waals surface area contributed by atoms with E-state index >= 15 is 0 Å². The largest absolute Gasteiger partial charge is 1.00 e. The maximum Gasteiger partial charge on any atom is 1.00 e. The standard InChI is InChI=1S/3C30H20N2O2.C3H9NO3S.C3H8NO3S.C2H6O.2Na.H2O/c3*33-29-25-26(28(32-29)24-17-13-22(14-18-24)20-9-5-2-6-10-20)30(34)31-27(25)23-15-11-21(12-16-23)19-7-3-1-4-8-19;2*1-8(6,7)4-2-3-5;1-2-3;;;/h3*1-18,31,34H;4-5H,2-3H2,1H3;5H,2-3H2,1H3;3H,2H2,1H3;;;1H2/q;;;;-1;;2*+1;/p-1. The zero-order valence-corrected chi connectivity index (χ0v) is 73.9. The summed E-state index contributed by atoms with van der Waals surface area (Å²) in [5, 5.41) is 56.0. The molecule has 3 aromatic heterocycles. The van der Waals surface area contributed by atoms with Gasteiger partial charge in [0.05, 0.1) is 90.5 Å². The fourth-order valence-corrected chi connectivity index (χ4v) is 14.8. The molecule has 614 valence electrons. The van der Waals surface area contributed by atoms with Gasteiger partial charge >= 0.3 is 59.1 Å². The molecular weight excluding hydrogens is 1620 g/mol. The van der Waals surface area contributed by atoms with Crippen molar-refractivity contribution in [2.24, 2.45) is 15.0 Å². The van der Waals surface area contributed by atoms with Crippen LogP contribution in [0.1, 0.15) is 71.4 Å². The number of sulfonamides is 2. The summed E-state index contributed by atoms with van der Waals surface area (Å²) in [6, 6.07) is 108. The van der Waals surface area contributed by atoms with Crippen LogP contribution in [0.3, 0.4) is 0 Å². The van der Waals surface area contributed by atoms with Gasteiger partial charge in [-0.25, -0.2) is 36.5 Å². The third-order valence-corrected chi connectivity index (χ3v) is 20.9. The van der Waals surface area contributed by atoms with E-state index in [2.05, 4.69) is 112 Å². The molecule has 15 aromatic rings. The number of hydrogen-bond acceptors (Lipinski definition) is 14. The molecule has 0 atom stereocenters. The molecule has 0 saturated carbocycles. The zero-order chi connectivity index (χ0) is 85.2. The number of aromatic nitrogens is 3. The van der Waals surface area contributed by atoms with E-state index in [1.165, 1.54) is 0 Å². The summed E-state index contributed by atoms with van der Waals surface area (Å²) in [6.07, 6.45) is 2.03. The molecule has 26 heteroatoms. The molecule has 0 spiro atoms. The second kappa shape index (κ2) is 43.6. The quantitative estimate of drug-likeness (QED) is 0.0357. The van der Waals surface area contributed by atoms with E-state index in [1.54, 1.807) is 6.92 Å². The number of aromatic hydroxyl groups is 3. The summed E-state index contributed by atoms with van der Waals surface area (Å²) >= 11 is 0. The fraction of sp³-hybridized carbons (Fsp3) is 0.0816. The number of benzene rings is 12. The van der Waals surface area contributed by atoms with E-state index in [1.807, 2.05) is 255 Å². The van der Waals surface area contributed by atoms with Crippen molar-refractivity contribution in [2.75, 3.05) is 45.4 Å². The first kappa shape index (κ1) is 93.8. The Morgan fingerprint density at radius 1 is 0.298 bits per heavy atom. The summed E-state index contributed by atoms with van der Waals surface area (Å²) in [5.41, 5.74) is 23.8. The maximum atomic E-state index is 12.9. The van der Waals surface area contributed by atoms with Crippen LogP contribution in [0, 0.1) is 0 Å². The van der Waals surface area contributed by atoms with Crippen molar-refractivity contribution < 1.29 is 126 Å². The van der Waals surface area contributed by atoms with Crippen LogP contribution in [0.4, 0.5) is 0 Å². The summed E-state index contributed by atoms with van der Waals surface area (Å²) in [6.45, 7) is 1.62. The molecule has 0 unspecified atom stereocenters. The van der Waals surface area contributed by atoms with E-state index in [0.29, 0.717) is 67.6 Å². The van der Waals surface area contributed by atoms with Crippen LogP contribution in [0.15, 0.2) is 343 Å². The minimum atomic E-state index is -3.22. The molecule has 124 heavy (non-hydrogen) atoms. The molecule has 11 N–H and O–H groups in total. The number of aliphatic hydroxyl groups is 3. The molecule has 3 aliphatic rings. The number of carbonyl (C=O) groups is 3. The normalized spacial score (nSPS) is 11.9. The molecule has 12 aromatic carbocycles. The van der Waals surface area contributed by atoms with Crippen LogP contribution in [0.2, 0.25) is 0 Å². The van der Waals surface area contributed by atoms with E-state index in [4.69, 9.17) is 15.3 Å². The summed E-state index contributed by atoms with van der Waals surface area (Å²) in [7, 11) is -6.32. The number of amides is 3. The molecule has 18 rings (SSSR count). The van der Waals surface area contributed by atoms with Crippen molar-refractivity contribution in [3.05, 3.63) is 382 Å². The first-order valence-electron chi connectivity index (χ1n) is 38.5. The minimum Gasteiger partial charge on any atom is -0.870 e. The summed E-state index contributed by atoms with van der Waals surface area (Å²) in [4.78, 5) is 60.7. The Labute approximate surface area is 762 Å². The number of aromatic amines is 3. The Bertz CT molecular complexity index is 5880. The number of nitrogens with one attached hydrogen (secondary N) is 4. The van der Waals surface area contributed by atoms with E-state index in [-0.39, 0.29) is 133 Å². The monoisotopic (exact) mass is 1710 g/mol. The Hall–Kier alpha value is -12.4. The molecular formula is C98H84N8Na2O14S2. The van der Waals surface area contributed by atoms with Gasteiger partial charge in [0.2, 0.25) is 10.0 Å². The summed E-state index contributed by atoms with van der Waals surface area (Å²) < 4.78 is 45.8. The smallest absolute Gasteiger partial charge is 0.870 e. The molecule has 6 heterocycles. The van der Waals surface area contributed by atoms with Crippen LogP contribution in [0.5, 0.6) is 17.6 Å². The minimum absolute atomic E-state index is 0. The predicted molar refractivity (Wildman–Crippen MR) is 480 cm³/mol. The zero-order valence-electron chi connectivity index (χ0n) is 68.3. The first-order chi connectivity index (χ1) is 58.6. The van der Waals surface area contributed by atoms with Gasteiger partial charge in [-0.2, -0.15) is 0 Å². The number of fused-ring (bicyclic) bond motifs is 3. The maximum absolute atomic E-state index is 12.9. The first-order valence-corrected chi connectivity index (χ1v) is 42.2. The van der Waals surface area contributed by atoms with Crippen molar-refractivity contribution in [3.63, 3.8) is 0 Å². The number of nitrogens with zero attached hydrogens (tertiary/aromatic N) is 4. The third-order valence-electron chi connectivity index (χ3n) is 19.5. The van der Waals surface area contributed by atoms with Crippen LogP contribution in [0.25, 0.3) is 105 Å². The number of aliphatic hydroxyl groups excluding tert-OH is 3. The van der Waals surface area contributed by atoms with Crippen molar-refractivity contribution in [1.82, 2.24) is 19.7 Å². The Balaban J connectivity index is 0.000000174. The van der Waals surface area contributed by atoms with Gasteiger partial charge in [-0.15, -0.1) is 6.54 Å². The average Bonchev–Trinajstić information content (AvgIpc) is 1.60. The van der Waals surface area contributed by atoms with Gasteiger partial charge in [-0.3, -0.25) is 14.4 Å². The molecule has 3 amide bonds. The molecule has 22 nitrogen and oxygen atoms in total. The molecule has 0 bridgehead atoms. The van der Waals surface area contributed by atoms with Gasteiger partial charge in [0.15, 0.2) is 17.6 Å². The Morgan fingerprint density at radius 3 is 0.645 bits per heavy atom. The van der Waals surface area contributed by atoms with Gasteiger partial charge in [-0.1, -0.05) is 328 Å². The van der Waals surface area contributed by atoms with Crippen LogP contribution < -0.4 is 63.8 Å². The molecule has 0 saturated heterocycles. The number of hydrogen-bond donors (Lipinski definition) is 10. The molecule has 0 radical (unpaired) electrons. The number of H-pyrrole nitrogens is 3. The fourth-order valence-electron chi connectivity index (χ4n) is 13.9. The Morgan fingerprint density at radius 2 is 0.484 bits per heavy atom. The molecule has 3 aliphatic heterocycles. The molecule has 0 fully saturated rings. The topological polar surface area (TPSA) is 381 Å². The second-order valence-electron chi connectivity index (χ2n) is 27.8. The van der Waals surface area contributed by atoms with Crippen molar-refractivity contribution in [2.45, 2.75) is 6.92 Å². The Kier molecular flexibility index (Phi) is 33.0. The van der Waals surface area contributed by atoms with Crippen LogP contribution in [-0.4, -0.2) is 148 Å². The average molecular weight is 1710 g/mol. The third kappa shape index (κ3) is 22.9. The SMILES string of the molecule is CCO.CS(=O)(=O)NCCO.CS(=O)(=O)[N-]CCO.O=C1N=C(c2ccc(-c3ccccc3)cc2)c2c(O)[nH]c(-c3ccc(-c4ccccc4)cc3)c21.O=C1N=C(c2ccc(-c3ccccc3)cc2)c2c(O)[nH]c(-c3ccc(-c4ccccc4)cc3)c21.O=C1N=C(c2ccc(-c3ccccc3)cc2)c2c(O)[nH]c(-c3ccc(-c4ccccc4)cc3)c21.[Na+].[Na+].[OH-]. The van der Waals surface area contributed by atoms with Crippen LogP contribution >= 0.6 is 0 Å². The number of carbonyl (C=O) groups excluding carboxylic acids is 3. The molecule has 0 aliphatic carbocycles. The van der Waals surface area contributed by atoms with Gasteiger partial charge in [-0.05, 0) is 90.4 Å². The van der Waals surface area contributed by atoms with Crippen molar-refractivity contribution >= 4 is 54.9 Å². The van der Waals surface area contributed by atoms with Gasteiger partial charge < -0.3 is 55.8 Å². The van der Waals surface area contributed by atoms with E-state index in [9.17, 15) is 46.5 Å². The van der Waals surface area contributed by atoms with E-state index < -0.39 is 20.0 Å². The van der Waals surface area contributed by atoms with Crippen molar-refractivity contribution in [3.8, 4) is 118 Å². The second-order valence-corrected chi connectivity index (χ2v) is 31.3. The van der Waals surface area contributed by atoms with Gasteiger partial charge in [0.1, 0.15) is 0 Å². The predicted octanol–water partition coefficient (Wildman–Crippen LogP) is 11.8. The van der Waals surface area contributed by atoms with Gasteiger partial charge in [0, 0.05) is 42.7 Å². The number of rotatable bonds is 18. The number of aliphatic imine (C=N–C) groups is 3. The van der Waals surface area contributed by atoms with E-state index in [0.717, 1.165) is 113 Å². The van der Waals surface area contributed by atoms with Gasteiger partial charge in [0.25, 0.3) is 17.7 Å².